The number of carbonyl (C=O) groups is 2. The summed E-state index contributed by atoms with van der Waals surface area (Å²) in [5.41, 5.74) is 0.234. The number of halogens is 1. The number of carboxylic acid groups (broad SMARTS) is 1. The first kappa shape index (κ1) is 20.2. The van der Waals surface area contributed by atoms with E-state index in [9.17, 15) is 14.7 Å². The van der Waals surface area contributed by atoms with Gasteiger partial charge in [0.25, 0.3) is 0 Å². The average molecular weight is 394 g/mol. The second-order valence-corrected chi connectivity index (χ2v) is 9.25. The van der Waals surface area contributed by atoms with E-state index in [1.54, 1.807) is 24.3 Å². The molecule has 0 unspecified atom stereocenters. The van der Waals surface area contributed by atoms with Crippen molar-refractivity contribution in [3.63, 3.8) is 0 Å². The number of ether oxygens (including phenoxy) is 1. The molecular weight excluding hydrogens is 366 g/mol. The van der Waals surface area contributed by atoms with Gasteiger partial charge in [-0.2, -0.15) is 0 Å². The minimum atomic E-state index is -1.01. The lowest BCUT2D eigenvalue weighted by Crippen LogP contribution is -2.56. The zero-order valence-corrected chi connectivity index (χ0v) is 17.0. The topological polar surface area (TPSA) is 66.8 Å². The molecule has 1 N–H and O–H groups in total. The summed E-state index contributed by atoms with van der Waals surface area (Å²) in [6.45, 7) is 6.75. The summed E-state index contributed by atoms with van der Waals surface area (Å²) >= 11 is 5.91. The second kappa shape index (κ2) is 7.44. The van der Waals surface area contributed by atoms with Crippen LogP contribution in [-0.2, 0) is 20.7 Å². The highest BCUT2D eigenvalue weighted by atomic mass is 35.5. The van der Waals surface area contributed by atoms with Gasteiger partial charge in [-0.3, -0.25) is 9.69 Å². The molecule has 3 rings (SSSR count). The van der Waals surface area contributed by atoms with Crippen molar-refractivity contribution in [2.75, 3.05) is 6.61 Å². The fourth-order valence-electron chi connectivity index (χ4n) is 4.43. The normalized spacial score (nSPS) is 28.5. The van der Waals surface area contributed by atoms with E-state index in [-0.39, 0.29) is 24.3 Å². The molecule has 27 heavy (non-hydrogen) atoms. The molecule has 2 fully saturated rings. The molecule has 1 atom stereocenters. The van der Waals surface area contributed by atoms with E-state index in [0.717, 1.165) is 18.4 Å². The Morgan fingerprint density at radius 2 is 1.81 bits per heavy atom. The molecule has 6 heteroatoms. The molecule has 0 radical (unpaired) electrons. The number of benzene rings is 1. The molecule has 0 bridgehead atoms. The van der Waals surface area contributed by atoms with Gasteiger partial charge in [-0.25, -0.2) is 4.79 Å². The summed E-state index contributed by atoms with van der Waals surface area (Å²) in [4.78, 5) is 26.4. The van der Waals surface area contributed by atoms with E-state index in [2.05, 4.69) is 20.8 Å². The van der Waals surface area contributed by atoms with Crippen molar-refractivity contribution >= 4 is 23.5 Å². The van der Waals surface area contributed by atoms with Crippen LogP contribution in [0.5, 0.6) is 0 Å². The van der Waals surface area contributed by atoms with E-state index in [4.69, 9.17) is 16.3 Å². The smallest absolute Gasteiger partial charge is 0.328 e. The number of nitrogens with zero attached hydrogens (tertiary/aromatic N) is 1. The van der Waals surface area contributed by atoms with E-state index < -0.39 is 17.7 Å². The second-order valence-electron chi connectivity index (χ2n) is 8.82. The third-order valence-corrected chi connectivity index (χ3v) is 6.33. The molecule has 1 heterocycles. The van der Waals surface area contributed by atoms with Crippen molar-refractivity contribution in [2.45, 2.75) is 64.6 Å². The van der Waals surface area contributed by atoms with Crippen molar-refractivity contribution in [2.24, 2.45) is 11.3 Å². The molecule has 0 aromatic heterocycles. The van der Waals surface area contributed by atoms with Crippen molar-refractivity contribution in [3.05, 3.63) is 34.9 Å². The van der Waals surface area contributed by atoms with Gasteiger partial charge in [0.05, 0.1) is 13.0 Å². The summed E-state index contributed by atoms with van der Waals surface area (Å²) in [6.07, 6.45) is 3.38. The molecule has 2 aliphatic rings. The van der Waals surface area contributed by atoms with Crippen molar-refractivity contribution in [3.8, 4) is 0 Å². The number of hydrogen-bond acceptors (Lipinski definition) is 3. The largest absolute Gasteiger partial charge is 0.480 e. The molecular formula is C21H28ClNO4. The quantitative estimate of drug-likeness (QED) is 0.838. The van der Waals surface area contributed by atoms with E-state index in [0.29, 0.717) is 23.8 Å². The standard InChI is InChI=1S/C21H28ClNO4/c1-20(2,3)15-8-10-21(11-9-15)23(17(13-27-21)19(25)26)18(24)12-14-4-6-16(22)7-5-14/h4-7,15,17H,8-13H2,1-3H3,(H,25,26)/t15?,17-,21?/m0/s1. The maximum Gasteiger partial charge on any atom is 0.328 e. The highest BCUT2D eigenvalue weighted by Crippen LogP contribution is 2.47. The average Bonchev–Trinajstić information content (AvgIpc) is 2.95. The third-order valence-electron chi connectivity index (χ3n) is 6.07. The predicted octanol–water partition coefficient (Wildman–Crippen LogP) is 4.13. The number of carboxylic acids is 1. The van der Waals surface area contributed by atoms with Gasteiger partial charge in [-0.15, -0.1) is 0 Å². The van der Waals surface area contributed by atoms with E-state index >= 15 is 0 Å². The highest BCUT2D eigenvalue weighted by molar-refractivity contribution is 6.30. The van der Waals surface area contributed by atoms with Crippen LogP contribution in [0.2, 0.25) is 5.02 Å². The molecule has 1 aliphatic heterocycles. The molecule has 1 aromatic carbocycles. The zero-order valence-electron chi connectivity index (χ0n) is 16.2. The van der Waals surface area contributed by atoms with Crippen molar-refractivity contribution in [1.29, 1.82) is 0 Å². The summed E-state index contributed by atoms with van der Waals surface area (Å²) in [5, 5.41) is 10.2. The Balaban J connectivity index is 1.80. The fraction of sp³-hybridized carbons (Fsp3) is 0.619. The highest BCUT2D eigenvalue weighted by Gasteiger charge is 2.54. The zero-order chi connectivity index (χ0) is 19.8. The molecule has 1 amide bonds. The third kappa shape index (κ3) is 4.14. The van der Waals surface area contributed by atoms with Gasteiger partial charge in [0.15, 0.2) is 6.04 Å². The van der Waals surface area contributed by atoms with Gasteiger partial charge in [0, 0.05) is 5.02 Å². The monoisotopic (exact) mass is 393 g/mol. The number of carbonyl (C=O) groups excluding carboxylic acids is 1. The lowest BCUT2D eigenvalue weighted by Gasteiger charge is -2.46. The van der Waals surface area contributed by atoms with Crippen LogP contribution in [0.3, 0.4) is 0 Å². The number of rotatable bonds is 3. The Hall–Kier alpha value is -1.59. The first-order chi connectivity index (χ1) is 12.6. The van der Waals surface area contributed by atoms with Gasteiger partial charge < -0.3 is 9.84 Å². The molecule has 148 valence electrons. The van der Waals surface area contributed by atoms with Crippen LogP contribution in [0.1, 0.15) is 52.0 Å². The van der Waals surface area contributed by atoms with Crippen LogP contribution in [0.4, 0.5) is 0 Å². The molecule has 1 saturated heterocycles. The van der Waals surface area contributed by atoms with Crippen LogP contribution >= 0.6 is 11.6 Å². The van der Waals surface area contributed by atoms with Gasteiger partial charge in [-0.05, 0) is 54.7 Å². The fourth-order valence-corrected chi connectivity index (χ4v) is 4.55. The molecule has 5 nitrogen and oxygen atoms in total. The SMILES string of the molecule is CC(C)(C)C1CCC2(CC1)OC[C@@H](C(=O)O)N2C(=O)Cc1ccc(Cl)cc1. The Bertz CT molecular complexity index is 702. The van der Waals surface area contributed by atoms with Crippen molar-refractivity contribution < 1.29 is 19.4 Å². The van der Waals surface area contributed by atoms with E-state index in [1.807, 2.05) is 0 Å². The lowest BCUT2D eigenvalue weighted by atomic mass is 9.70. The number of amides is 1. The van der Waals surface area contributed by atoms with Crippen LogP contribution < -0.4 is 0 Å². The summed E-state index contributed by atoms with van der Waals surface area (Å²) in [7, 11) is 0. The Morgan fingerprint density at radius 1 is 1.22 bits per heavy atom. The van der Waals surface area contributed by atoms with Gasteiger partial charge in [-0.1, -0.05) is 44.5 Å². The lowest BCUT2D eigenvalue weighted by molar-refractivity contribution is -0.166. The van der Waals surface area contributed by atoms with Gasteiger partial charge in [0.1, 0.15) is 5.72 Å². The summed E-state index contributed by atoms with van der Waals surface area (Å²) < 4.78 is 6.01. The van der Waals surface area contributed by atoms with Crippen LogP contribution in [0, 0.1) is 11.3 Å². The molecule has 1 spiro atoms. The number of aliphatic carboxylic acids is 1. The Morgan fingerprint density at radius 3 is 2.33 bits per heavy atom. The maximum atomic E-state index is 13.1. The number of hydrogen-bond donors (Lipinski definition) is 1. The molecule has 1 saturated carbocycles. The minimum absolute atomic E-state index is 0.0574. The Kier molecular flexibility index (Phi) is 5.55. The predicted molar refractivity (Wildman–Crippen MR) is 104 cm³/mol. The first-order valence-corrected chi connectivity index (χ1v) is 9.93. The minimum Gasteiger partial charge on any atom is -0.480 e. The van der Waals surface area contributed by atoms with Crippen molar-refractivity contribution in [1.82, 2.24) is 4.90 Å². The van der Waals surface area contributed by atoms with Gasteiger partial charge >= 0.3 is 5.97 Å². The maximum absolute atomic E-state index is 13.1. The molecule has 1 aromatic rings. The van der Waals surface area contributed by atoms with Crippen LogP contribution in [0.15, 0.2) is 24.3 Å². The van der Waals surface area contributed by atoms with Gasteiger partial charge in [0.2, 0.25) is 5.91 Å². The summed E-state index contributed by atoms with van der Waals surface area (Å²) in [6, 6.07) is 6.16. The van der Waals surface area contributed by atoms with Crippen LogP contribution in [0.25, 0.3) is 0 Å². The summed E-state index contributed by atoms with van der Waals surface area (Å²) in [5.74, 6) is -0.658. The van der Waals surface area contributed by atoms with Crippen LogP contribution in [-0.4, -0.2) is 40.3 Å². The molecule has 1 aliphatic carbocycles. The van der Waals surface area contributed by atoms with E-state index in [1.165, 1.54) is 4.90 Å². The first-order valence-electron chi connectivity index (χ1n) is 9.56. The Labute approximate surface area is 165 Å².